The summed E-state index contributed by atoms with van der Waals surface area (Å²) in [5, 5.41) is 7.85. The molecule has 0 aliphatic carbocycles. The van der Waals surface area contributed by atoms with E-state index in [0.29, 0.717) is 29.9 Å². The van der Waals surface area contributed by atoms with Gasteiger partial charge in [-0.25, -0.2) is 0 Å². The first-order valence-corrected chi connectivity index (χ1v) is 6.71. The Labute approximate surface area is 119 Å². The number of rotatable bonds is 6. The van der Waals surface area contributed by atoms with Gasteiger partial charge in [0.25, 0.3) is 5.91 Å². The van der Waals surface area contributed by atoms with E-state index in [1.807, 2.05) is 23.9 Å². The van der Waals surface area contributed by atoms with Crippen LogP contribution < -0.4 is 0 Å². The van der Waals surface area contributed by atoms with Gasteiger partial charge in [-0.05, 0) is 32.1 Å². The van der Waals surface area contributed by atoms with Gasteiger partial charge < -0.3 is 9.80 Å². The molecule has 0 atom stereocenters. The van der Waals surface area contributed by atoms with Crippen molar-refractivity contribution in [3.05, 3.63) is 23.0 Å². The van der Waals surface area contributed by atoms with Gasteiger partial charge in [0.05, 0.1) is 0 Å². The highest BCUT2D eigenvalue weighted by atomic mass is 35.5. The molecular formula is C13H21ClN4O. The molecule has 0 bridgehead atoms. The number of amides is 1. The fourth-order valence-corrected chi connectivity index (χ4v) is 1.73. The quantitative estimate of drug-likeness (QED) is 0.799. The monoisotopic (exact) mass is 284 g/mol. The Balaban J connectivity index is 2.77. The molecule has 0 radical (unpaired) electrons. The Morgan fingerprint density at radius 3 is 2.42 bits per heavy atom. The van der Waals surface area contributed by atoms with Gasteiger partial charge in [-0.15, -0.1) is 10.2 Å². The Hall–Kier alpha value is -1.20. The van der Waals surface area contributed by atoms with Crippen molar-refractivity contribution in [2.24, 2.45) is 5.92 Å². The van der Waals surface area contributed by atoms with Crippen LogP contribution >= 0.6 is 11.6 Å². The smallest absolute Gasteiger partial charge is 0.274 e. The first-order chi connectivity index (χ1) is 8.90. The van der Waals surface area contributed by atoms with Crippen molar-refractivity contribution in [1.82, 2.24) is 20.0 Å². The molecule has 0 N–H and O–H groups in total. The lowest BCUT2D eigenvalue weighted by Gasteiger charge is -2.25. The van der Waals surface area contributed by atoms with Gasteiger partial charge in [0.2, 0.25) is 0 Å². The van der Waals surface area contributed by atoms with Gasteiger partial charge in [0.15, 0.2) is 10.8 Å². The zero-order chi connectivity index (χ0) is 14.4. The normalized spacial score (nSPS) is 11.1. The summed E-state index contributed by atoms with van der Waals surface area (Å²) < 4.78 is 0. The summed E-state index contributed by atoms with van der Waals surface area (Å²) in [5.41, 5.74) is 0.337. The molecule has 0 fully saturated rings. The molecule has 0 aromatic carbocycles. The van der Waals surface area contributed by atoms with E-state index in [9.17, 15) is 4.79 Å². The lowest BCUT2D eigenvalue weighted by Crippen LogP contribution is -2.39. The Kier molecular flexibility index (Phi) is 6.18. The van der Waals surface area contributed by atoms with Crippen molar-refractivity contribution in [2.75, 3.05) is 33.7 Å². The minimum Gasteiger partial charge on any atom is -0.336 e. The SMILES string of the molecule is CC(C)CN(CCN(C)C)C(=O)c1ccc(Cl)nn1. The van der Waals surface area contributed by atoms with Gasteiger partial charge in [-0.3, -0.25) is 4.79 Å². The zero-order valence-electron chi connectivity index (χ0n) is 11.9. The molecule has 0 unspecified atom stereocenters. The second kappa shape index (κ2) is 7.40. The van der Waals surface area contributed by atoms with E-state index in [2.05, 4.69) is 24.0 Å². The molecule has 1 aromatic heterocycles. The molecule has 0 saturated heterocycles. The Morgan fingerprint density at radius 1 is 1.26 bits per heavy atom. The van der Waals surface area contributed by atoms with Gasteiger partial charge >= 0.3 is 0 Å². The molecule has 0 saturated carbocycles. The summed E-state index contributed by atoms with van der Waals surface area (Å²) in [5.74, 6) is 0.311. The molecule has 1 heterocycles. The van der Waals surface area contributed by atoms with E-state index in [4.69, 9.17) is 11.6 Å². The van der Waals surface area contributed by atoms with E-state index >= 15 is 0 Å². The van der Waals surface area contributed by atoms with Gasteiger partial charge in [0, 0.05) is 19.6 Å². The topological polar surface area (TPSA) is 49.3 Å². The zero-order valence-corrected chi connectivity index (χ0v) is 12.7. The van der Waals surface area contributed by atoms with E-state index in [1.165, 1.54) is 0 Å². The number of aromatic nitrogens is 2. The predicted octanol–water partition coefficient (Wildman–Crippen LogP) is 1.79. The lowest BCUT2D eigenvalue weighted by atomic mass is 10.2. The van der Waals surface area contributed by atoms with Crippen LogP contribution in [0.15, 0.2) is 12.1 Å². The maximum Gasteiger partial charge on any atom is 0.274 e. The third-order valence-corrected chi connectivity index (χ3v) is 2.74. The highest BCUT2D eigenvalue weighted by Crippen LogP contribution is 2.07. The van der Waals surface area contributed by atoms with Crippen LogP contribution in [0.1, 0.15) is 24.3 Å². The minimum atomic E-state index is -0.0975. The van der Waals surface area contributed by atoms with Crippen LogP contribution in [-0.2, 0) is 0 Å². The second-order valence-corrected chi connectivity index (χ2v) is 5.58. The first-order valence-electron chi connectivity index (χ1n) is 6.33. The standard InChI is InChI=1S/C13H21ClN4O/c1-10(2)9-18(8-7-17(3)4)13(19)11-5-6-12(14)16-15-11/h5-6,10H,7-9H2,1-4H3. The molecule has 106 valence electrons. The first kappa shape index (κ1) is 15.9. The van der Waals surface area contributed by atoms with E-state index in [-0.39, 0.29) is 5.91 Å². The van der Waals surface area contributed by atoms with E-state index in [0.717, 1.165) is 6.54 Å². The Bertz CT molecular complexity index is 406. The molecule has 19 heavy (non-hydrogen) atoms. The van der Waals surface area contributed by atoms with Crippen molar-refractivity contribution in [2.45, 2.75) is 13.8 Å². The molecule has 1 aromatic rings. The number of likely N-dealkylation sites (N-methyl/N-ethyl adjacent to an activating group) is 1. The van der Waals surface area contributed by atoms with Crippen molar-refractivity contribution in [1.29, 1.82) is 0 Å². The van der Waals surface area contributed by atoms with Crippen molar-refractivity contribution < 1.29 is 4.79 Å². The summed E-state index contributed by atoms with van der Waals surface area (Å²) in [6, 6.07) is 3.20. The van der Waals surface area contributed by atoms with Crippen LogP contribution in [0.4, 0.5) is 0 Å². The van der Waals surface area contributed by atoms with Gasteiger partial charge in [-0.2, -0.15) is 0 Å². The number of hydrogen-bond acceptors (Lipinski definition) is 4. The number of carbonyl (C=O) groups is 1. The lowest BCUT2D eigenvalue weighted by molar-refractivity contribution is 0.0717. The number of nitrogens with zero attached hydrogens (tertiary/aromatic N) is 4. The van der Waals surface area contributed by atoms with Crippen LogP contribution in [0.5, 0.6) is 0 Å². The number of hydrogen-bond donors (Lipinski definition) is 0. The maximum atomic E-state index is 12.4. The largest absolute Gasteiger partial charge is 0.336 e. The molecule has 5 nitrogen and oxygen atoms in total. The molecule has 0 spiro atoms. The molecule has 0 aliphatic rings. The highest BCUT2D eigenvalue weighted by molar-refractivity contribution is 6.29. The summed E-state index contributed by atoms with van der Waals surface area (Å²) >= 11 is 5.68. The second-order valence-electron chi connectivity index (χ2n) is 5.19. The van der Waals surface area contributed by atoms with Gasteiger partial charge in [-0.1, -0.05) is 25.4 Å². The van der Waals surface area contributed by atoms with Crippen molar-refractivity contribution in [3.63, 3.8) is 0 Å². The molecule has 6 heteroatoms. The van der Waals surface area contributed by atoms with Crippen LogP contribution in [0.3, 0.4) is 0 Å². The molecule has 1 amide bonds. The summed E-state index contributed by atoms with van der Waals surface area (Å²) in [6.07, 6.45) is 0. The fraction of sp³-hybridized carbons (Fsp3) is 0.615. The highest BCUT2D eigenvalue weighted by Gasteiger charge is 2.18. The summed E-state index contributed by atoms with van der Waals surface area (Å²) in [7, 11) is 3.97. The average molecular weight is 285 g/mol. The molecular weight excluding hydrogens is 264 g/mol. The molecule has 0 aliphatic heterocycles. The van der Waals surface area contributed by atoms with Crippen molar-refractivity contribution in [3.8, 4) is 0 Å². The van der Waals surface area contributed by atoms with E-state index in [1.54, 1.807) is 12.1 Å². The van der Waals surface area contributed by atoms with Crippen LogP contribution in [0.2, 0.25) is 5.15 Å². The summed E-state index contributed by atoms with van der Waals surface area (Å²) in [4.78, 5) is 16.2. The van der Waals surface area contributed by atoms with Crippen LogP contribution in [-0.4, -0.2) is 59.6 Å². The van der Waals surface area contributed by atoms with Gasteiger partial charge in [0.1, 0.15) is 0 Å². The molecule has 1 rings (SSSR count). The number of halogens is 1. The third-order valence-electron chi connectivity index (χ3n) is 2.54. The summed E-state index contributed by atoms with van der Waals surface area (Å²) in [6.45, 7) is 6.37. The average Bonchev–Trinajstić information content (AvgIpc) is 2.34. The fourth-order valence-electron chi connectivity index (χ4n) is 1.63. The van der Waals surface area contributed by atoms with Crippen molar-refractivity contribution >= 4 is 17.5 Å². The number of carbonyl (C=O) groups excluding carboxylic acids is 1. The minimum absolute atomic E-state index is 0.0975. The Morgan fingerprint density at radius 2 is 1.95 bits per heavy atom. The predicted molar refractivity (Wildman–Crippen MR) is 76.3 cm³/mol. The maximum absolute atomic E-state index is 12.4. The van der Waals surface area contributed by atoms with Crippen LogP contribution in [0.25, 0.3) is 0 Å². The van der Waals surface area contributed by atoms with Crippen LogP contribution in [0, 0.1) is 5.92 Å². The van der Waals surface area contributed by atoms with E-state index < -0.39 is 0 Å². The third kappa shape index (κ3) is 5.53.